The summed E-state index contributed by atoms with van der Waals surface area (Å²) in [6.07, 6.45) is 1.63. The summed E-state index contributed by atoms with van der Waals surface area (Å²) in [5.41, 5.74) is 2.00. The van der Waals surface area contributed by atoms with Gasteiger partial charge in [0.2, 0.25) is 0 Å². The van der Waals surface area contributed by atoms with Gasteiger partial charge in [0.15, 0.2) is 0 Å². The second-order valence-electron chi connectivity index (χ2n) is 3.03. The minimum Gasteiger partial charge on any atom is -0.349 e. The highest BCUT2D eigenvalue weighted by molar-refractivity contribution is 5.97. The molecule has 5 heteroatoms. The van der Waals surface area contributed by atoms with Crippen molar-refractivity contribution in [3.05, 3.63) is 36.4 Å². The molecule has 5 nitrogen and oxygen atoms in total. The molecule has 2 aromatic rings. The van der Waals surface area contributed by atoms with Crippen molar-refractivity contribution in [1.82, 2.24) is 20.7 Å². The van der Waals surface area contributed by atoms with E-state index in [4.69, 9.17) is 0 Å². The van der Waals surface area contributed by atoms with Crippen LogP contribution in [0.2, 0.25) is 0 Å². The fourth-order valence-electron chi connectivity index (χ4n) is 1.25. The van der Waals surface area contributed by atoms with Crippen LogP contribution in [0, 0.1) is 0 Å². The van der Waals surface area contributed by atoms with E-state index in [1.54, 1.807) is 24.3 Å². The standard InChI is InChI=1S/C10H10N4O/c1-2-5-11-10(15)7-3-4-8-9(6-7)13-14-12-8/h2-4,6H,1,5H2,(H,11,15)(H,12,13,14). The van der Waals surface area contributed by atoms with E-state index in [0.29, 0.717) is 17.6 Å². The molecule has 2 N–H and O–H groups in total. The molecule has 0 bridgehead atoms. The highest BCUT2D eigenvalue weighted by Gasteiger charge is 2.06. The van der Waals surface area contributed by atoms with Crippen molar-refractivity contribution < 1.29 is 4.79 Å². The third-order valence-electron chi connectivity index (χ3n) is 1.99. The first-order valence-electron chi connectivity index (χ1n) is 4.51. The average molecular weight is 202 g/mol. The maximum absolute atomic E-state index is 11.6. The van der Waals surface area contributed by atoms with Crippen LogP contribution in [0.15, 0.2) is 30.9 Å². The lowest BCUT2D eigenvalue weighted by molar-refractivity contribution is 0.0958. The van der Waals surface area contributed by atoms with Gasteiger partial charge in [-0.15, -0.1) is 6.58 Å². The Kier molecular flexibility index (Phi) is 2.45. The number of amides is 1. The normalized spacial score (nSPS) is 10.1. The molecular formula is C10H10N4O. The molecule has 0 radical (unpaired) electrons. The van der Waals surface area contributed by atoms with Gasteiger partial charge in [0, 0.05) is 12.1 Å². The third kappa shape index (κ3) is 1.85. The summed E-state index contributed by atoms with van der Waals surface area (Å²) in [4.78, 5) is 11.6. The third-order valence-corrected chi connectivity index (χ3v) is 1.99. The smallest absolute Gasteiger partial charge is 0.251 e. The van der Waals surface area contributed by atoms with Crippen molar-refractivity contribution in [3.63, 3.8) is 0 Å². The Morgan fingerprint density at radius 1 is 1.47 bits per heavy atom. The SMILES string of the molecule is C=CCNC(=O)c1ccc2n[nH]nc2c1. The van der Waals surface area contributed by atoms with Crippen LogP contribution in [-0.4, -0.2) is 27.9 Å². The fourth-order valence-corrected chi connectivity index (χ4v) is 1.25. The van der Waals surface area contributed by atoms with Gasteiger partial charge in [0.05, 0.1) is 0 Å². The zero-order valence-electron chi connectivity index (χ0n) is 8.03. The Bertz CT molecular complexity index is 503. The van der Waals surface area contributed by atoms with Gasteiger partial charge < -0.3 is 5.32 Å². The summed E-state index contributed by atoms with van der Waals surface area (Å²) in [5.74, 6) is -0.139. The Labute approximate surface area is 86.2 Å². The second kappa shape index (κ2) is 3.91. The first-order chi connectivity index (χ1) is 7.31. The predicted octanol–water partition coefficient (Wildman–Crippen LogP) is 0.874. The number of carbonyl (C=O) groups is 1. The van der Waals surface area contributed by atoms with E-state index >= 15 is 0 Å². The number of nitrogens with zero attached hydrogens (tertiary/aromatic N) is 2. The van der Waals surface area contributed by atoms with E-state index in [2.05, 4.69) is 27.3 Å². The van der Waals surface area contributed by atoms with Crippen LogP contribution in [0.3, 0.4) is 0 Å². The summed E-state index contributed by atoms with van der Waals surface area (Å²) < 4.78 is 0. The molecule has 1 aromatic heterocycles. The molecule has 0 saturated heterocycles. The van der Waals surface area contributed by atoms with E-state index < -0.39 is 0 Å². The summed E-state index contributed by atoms with van der Waals surface area (Å²) >= 11 is 0. The van der Waals surface area contributed by atoms with Crippen molar-refractivity contribution in [2.45, 2.75) is 0 Å². The second-order valence-corrected chi connectivity index (χ2v) is 3.03. The van der Waals surface area contributed by atoms with E-state index in [1.807, 2.05) is 0 Å². The highest BCUT2D eigenvalue weighted by atomic mass is 16.1. The van der Waals surface area contributed by atoms with Crippen LogP contribution in [0.25, 0.3) is 11.0 Å². The van der Waals surface area contributed by atoms with Crippen molar-refractivity contribution >= 4 is 16.9 Å². The van der Waals surface area contributed by atoms with Gasteiger partial charge in [0.1, 0.15) is 11.0 Å². The topological polar surface area (TPSA) is 70.7 Å². The molecule has 2 rings (SSSR count). The fraction of sp³-hybridized carbons (Fsp3) is 0.100. The maximum atomic E-state index is 11.6. The Morgan fingerprint density at radius 3 is 3.07 bits per heavy atom. The number of H-pyrrole nitrogens is 1. The molecule has 76 valence electrons. The Hall–Kier alpha value is -2.17. The quantitative estimate of drug-likeness (QED) is 0.725. The van der Waals surface area contributed by atoms with Crippen LogP contribution in [0.1, 0.15) is 10.4 Å². The monoisotopic (exact) mass is 202 g/mol. The zero-order chi connectivity index (χ0) is 10.7. The lowest BCUT2D eigenvalue weighted by atomic mass is 10.2. The molecule has 15 heavy (non-hydrogen) atoms. The highest BCUT2D eigenvalue weighted by Crippen LogP contribution is 2.10. The minimum absolute atomic E-state index is 0.139. The molecular weight excluding hydrogens is 192 g/mol. The lowest BCUT2D eigenvalue weighted by Gasteiger charge is -2.00. The lowest BCUT2D eigenvalue weighted by Crippen LogP contribution is -2.22. The molecule has 1 heterocycles. The number of carbonyl (C=O) groups excluding carboxylic acids is 1. The molecule has 0 aliphatic rings. The molecule has 0 aliphatic carbocycles. The minimum atomic E-state index is -0.139. The van der Waals surface area contributed by atoms with Crippen LogP contribution in [-0.2, 0) is 0 Å². The Balaban J connectivity index is 2.27. The number of aromatic nitrogens is 3. The summed E-state index contributed by atoms with van der Waals surface area (Å²) in [5, 5.41) is 13.0. The molecule has 0 spiro atoms. The van der Waals surface area contributed by atoms with Crippen molar-refractivity contribution in [2.24, 2.45) is 0 Å². The number of nitrogens with one attached hydrogen (secondary N) is 2. The van der Waals surface area contributed by atoms with Crippen LogP contribution in [0.4, 0.5) is 0 Å². The van der Waals surface area contributed by atoms with E-state index in [-0.39, 0.29) is 5.91 Å². The van der Waals surface area contributed by atoms with E-state index in [0.717, 1.165) is 5.52 Å². The van der Waals surface area contributed by atoms with Gasteiger partial charge in [-0.1, -0.05) is 6.08 Å². The summed E-state index contributed by atoms with van der Waals surface area (Å²) in [6.45, 7) is 3.98. The summed E-state index contributed by atoms with van der Waals surface area (Å²) in [6, 6.07) is 5.15. The van der Waals surface area contributed by atoms with E-state index in [1.165, 1.54) is 0 Å². The summed E-state index contributed by atoms with van der Waals surface area (Å²) in [7, 11) is 0. The predicted molar refractivity (Wildman–Crippen MR) is 56.4 cm³/mol. The van der Waals surface area contributed by atoms with Gasteiger partial charge in [0.25, 0.3) is 5.91 Å². The molecule has 1 aromatic carbocycles. The molecule has 1 amide bonds. The number of hydrogen-bond acceptors (Lipinski definition) is 3. The first-order valence-corrected chi connectivity index (χ1v) is 4.51. The molecule has 0 saturated carbocycles. The number of rotatable bonds is 3. The van der Waals surface area contributed by atoms with Gasteiger partial charge in [-0.3, -0.25) is 4.79 Å². The van der Waals surface area contributed by atoms with Crippen LogP contribution in [0.5, 0.6) is 0 Å². The van der Waals surface area contributed by atoms with Crippen LogP contribution >= 0.6 is 0 Å². The number of benzene rings is 1. The molecule has 0 aliphatic heterocycles. The van der Waals surface area contributed by atoms with Gasteiger partial charge in [-0.2, -0.15) is 15.4 Å². The number of aromatic amines is 1. The molecule has 0 unspecified atom stereocenters. The Morgan fingerprint density at radius 2 is 2.27 bits per heavy atom. The molecule has 0 fully saturated rings. The zero-order valence-corrected chi connectivity index (χ0v) is 8.03. The average Bonchev–Trinajstić information content (AvgIpc) is 2.72. The van der Waals surface area contributed by atoms with Gasteiger partial charge >= 0.3 is 0 Å². The van der Waals surface area contributed by atoms with Gasteiger partial charge in [-0.25, -0.2) is 0 Å². The van der Waals surface area contributed by atoms with E-state index in [9.17, 15) is 4.79 Å². The number of hydrogen-bond donors (Lipinski definition) is 2. The van der Waals surface area contributed by atoms with Crippen molar-refractivity contribution in [2.75, 3.05) is 6.54 Å². The number of fused-ring (bicyclic) bond motifs is 1. The van der Waals surface area contributed by atoms with Crippen molar-refractivity contribution in [3.8, 4) is 0 Å². The largest absolute Gasteiger partial charge is 0.349 e. The maximum Gasteiger partial charge on any atom is 0.251 e. The molecule has 0 atom stereocenters. The van der Waals surface area contributed by atoms with Gasteiger partial charge in [-0.05, 0) is 18.2 Å². The van der Waals surface area contributed by atoms with Crippen LogP contribution < -0.4 is 5.32 Å². The van der Waals surface area contributed by atoms with Crippen molar-refractivity contribution in [1.29, 1.82) is 0 Å². The first kappa shape index (κ1) is 9.39.